The molecule has 0 heterocycles. The van der Waals surface area contributed by atoms with Crippen molar-refractivity contribution in [1.29, 1.82) is 0 Å². The lowest BCUT2D eigenvalue weighted by molar-refractivity contribution is -0.107. The van der Waals surface area contributed by atoms with Crippen molar-refractivity contribution in [3.63, 3.8) is 0 Å². The standard InChI is InChI=1S/C4H7NOS/c6-3-1-2-5-4-7/h3-4H,1-2H2,(H,5,7). The topological polar surface area (TPSA) is 29.1 Å². The predicted molar refractivity (Wildman–Crippen MR) is 32.3 cm³/mol. The number of carbonyl (C=O) groups is 1. The molecule has 0 unspecified atom stereocenters. The Hall–Kier alpha value is -0.440. The molecule has 0 saturated carbocycles. The van der Waals surface area contributed by atoms with Gasteiger partial charge < -0.3 is 10.1 Å². The van der Waals surface area contributed by atoms with Gasteiger partial charge in [-0.2, -0.15) is 0 Å². The molecule has 0 amide bonds. The molecular weight excluding hydrogens is 110 g/mol. The van der Waals surface area contributed by atoms with Gasteiger partial charge in [0.05, 0.1) is 5.49 Å². The number of carbonyl (C=O) groups excluding carboxylic acids is 1. The summed E-state index contributed by atoms with van der Waals surface area (Å²) in [4.78, 5) is 9.59. The highest BCUT2D eigenvalue weighted by Crippen LogP contribution is 1.61. The smallest absolute Gasteiger partial charge is 0.121 e. The quantitative estimate of drug-likeness (QED) is 0.322. The first-order valence-corrected chi connectivity index (χ1v) is 2.49. The Morgan fingerprint density at radius 2 is 2.43 bits per heavy atom. The van der Waals surface area contributed by atoms with Crippen LogP contribution in [0.5, 0.6) is 0 Å². The normalized spacial score (nSPS) is 7.43. The zero-order valence-corrected chi connectivity index (χ0v) is 4.70. The molecule has 7 heavy (non-hydrogen) atoms. The van der Waals surface area contributed by atoms with Gasteiger partial charge in [0, 0.05) is 13.0 Å². The van der Waals surface area contributed by atoms with Crippen LogP contribution in [0.25, 0.3) is 0 Å². The van der Waals surface area contributed by atoms with Crippen molar-refractivity contribution >= 4 is 24.0 Å². The van der Waals surface area contributed by atoms with Crippen molar-refractivity contribution in [2.45, 2.75) is 6.42 Å². The van der Waals surface area contributed by atoms with E-state index in [4.69, 9.17) is 0 Å². The molecule has 2 nitrogen and oxygen atoms in total. The first-order valence-electron chi connectivity index (χ1n) is 2.02. The Bertz CT molecular complexity index is 56.7. The second-order valence-electron chi connectivity index (χ2n) is 1.03. The summed E-state index contributed by atoms with van der Waals surface area (Å²) < 4.78 is 0. The monoisotopic (exact) mass is 117 g/mol. The molecule has 0 spiro atoms. The summed E-state index contributed by atoms with van der Waals surface area (Å²) in [5.74, 6) is 0. The van der Waals surface area contributed by atoms with Crippen molar-refractivity contribution in [3.8, 4) is 0 Å². The van der Waals surface area contributed by atoms with Crippen LogP contribution in [0.3, 0.4) is 0 Å². The maximum absolute atomic E-state index is 9.59. The van der Waals surface area contributed by atoms with E-state index in [1.165, 1.54) is 5.49 Å². The molecule has 0 saturated heterocycles. The van der Waals surface area contributed by atoms with E-state index < -0.39 is 0 Å². The zero-order chi connectivity index (χ0) is 5.54. The number of hydrogen-bond donors (Lipinski definition) is 1. The third kappa shape index (κ3) is 5.56. The highest BCUT2D eigenvalue weighted by molar-refractivity contribution is 7.78. The molecule has 3 heteroatoms. The van der Waals surface area contributed by atoms with Crippen molar-refractivity contribution in [2.75, 3.05) is 6.54 Å². The van der Waals surface area contributed by atoms with Crippen LogP contribution < -0.4 is 5.32 Å². The zero-order valence-electron chi connectivity index (χ0n) is 3.89. The number of rotatable bonds is 4. The van der Waals surface area contributed by atoms with Gasteiger partial charge in [-0.25, -0.2) is 0 Å². The number of nitrogens with one attached hydrogen (secondary N) is 1. The number of aldehydes is 1. The molecule has 0 aliphatic heterocycles. The van der Waals surface area contributed by atoms with Crippen LogP contribution in [0.4, 0.5) is 0 Å². The fraction of sp³-hybridized carbons (Fsp3) is 0.500. The molecule has 40 valence electrons. The van der Waals surface area contributed by atoms with Crippen molar-refractivity contribution in [2.24, 2.45) is 0 Å². The fourth-order valence-electron chi connectivity index (χ4n) is 0.201. The summed E-state index contributed by atoms with van der Waals surface area (Å²) >= 11 is 4.41. The van der Waals surface area contributed by atoms with Crippen LogP contribution in [0.2, 0.25) is 0 Å². The first-order chi connectivity index (χ1) is 3.41. The van der Waals surface area contributed by atoms with Gasteiger partial charge in [0.15, 0.2) is 0 Å². The van der Waals surface area contributed by atoms with E-state index in [9.17, 15) is 4.79 Å². The maximum Gasteiger partial charge on any atom is 0.121 e. The second-order valence-corrected chi connectivity index (χ2v) is 1.26. The van der Waals surface area contributed by atoms with Crippen LogP contribution in [0.15, 0.2) is 0 Å². The van der Waals surface area contributed by atoms with Crippen molar-refractivity contribution in [1.82, 2.24) is 5.32 Å². The van der Waals surface area contributed by atoms with E-state index in [1.54, 1.807) is 0 Å². The van der Waals surface area contributed by atoms with Crippen LogP contribution in [-0.4, -0.2) is 18.3 Å². The SMILES string of the molecule is O=CCCNC=S. The van der Waals surface area contributed by atoms with Gasteiger partial charge in [0.1, 0.15) is 6.29 Å². The van der Waals surface area contributed by atoms with E-state index in [1.807, 2.05) is 0 Å². The van der Waals surface area contributed by atoms with E-state index in [0.29, 0.717) is 13.0 Å². The van der Waals surface area contributed by atoms with Crippen LogP contribution >= 0.6 is 12.2 Å². The molecule has 1 N–H and O–H groups in total. The molecule has 0 bridgehead atoms. The van der Waals surface area contributed by atoms with Crippen molar-refractivity contribution < 1.29 is 4.79 Å². The van der Waals surface area contributed by atoms with Gasteiger partial charge >= 0.3 is 0 Å². The molecule has 0 aliphatic carbocycles. The molecule has 0 rings (SSSR count). The Morgan fingerprint density at radius 1 is 1.71 bits per heavy atom. The van der Waals surface area contributed by atoms with Gasteiger partial charge in [0.2, 0.25) is 0 Å². The molecule has 0 aromatic carbocycles. The van der Waals surface area contributed by atoms with Crippen LogP contribution in [-0.2, 0) is 4.79 Å². The van der Waals surface area contributed by atoms with E-state index in [-0.39, 0.29) is 0 Å². The summed E-state index contributed by atoms with van der Waals surface area (Å²) in [7, 11) is 0. The molecular formula is C4H7NOS. The lowest BCUT2D eigenvalue weighted by Gasteiger charge is -1.87. The summed E-state index contributed by atoms with van der Waals surface area (Å²) in [5, 5.41) is 2.71. The lowest BCUT2D eigenvalue weighted by atomic mass is 10.5. The summed E-state index contributed by atoms with van der Waals surface area (Å²) in [5.41, 5.74) is 1.41. The maximum atomic E-state index is 9.59. The minimum atomic E-state index is 0.535. The molecule has 0 aromatic rings. The van der Waals surface area contributed by atoms with Gasteiger partial charge in [-0.1, -0.05) is 12.2 Å². The molecule has 0 atom stereocenters. The minimum Gasteiger partial charge on any atom is -0.382 e. The van der Waals surface area contributed by atoms with Gasteiger partial charge in [0.25, 0.3) is 0 Å². The van der Waals surface area contributed by atoms with E-state index in [0.717, 1.165) is 6.29 Å². The highest BCUT2D eigenvalue weighted by Gasteiger charge is 1.74. The summed E-state index contributed by atoms with van der Waals surface area (Å²) in [6.07, 6.45) is 1.39. The summed E-state index contributed by atoms with van der Waals surface area (Å²) in [6.45, 7) is 0.660. The third-order valence-corrected chi connectivity index (χ3v) is 0.657. The predicted octanol–water partition coefficient (Wildman–Crippen LogP) is 0.122. The van der Waals surface area contributed by atoms with Crippen LogP contribution in [0.1, 0.15) is 6.42 Å². The Morgan fingerprint density at radius 3 is 2.86 bits per heavy atom. The number of thiocarbonyl (C=S) groups is 1. The van der Waals surface area contributed by atoms with Gasteiger partial charge in [-0.15, -0.1) is 0 Å². The average Bonchev–Trinajstić information content (AvgIpc) is 1.69. The first kappa shape index (κ1) is 6.56. The van der Waals surface area contributed by atoms with E-state index >= 15 is 0 Å². The average molecular weight is 117 g/mol. The Balaban J connectivity index is 2.68. The van der Waals surface area contributed by atoms with Gasteiger partial charge in [-0.3, -0.25) is 0 Å². The number of hydrogen-bond acceptors (Lipinski definition) is 2. The summed E-state index contributed by atoms with van der Waals surface area (Å²) in [6, 6.07) is 0. The molecule has 0 radical (unpaired) electrons. The Labute approximate surface area is 47.9 Å². The second kappa shape index (κ2) is 5.56. The van der Waals surface area contributed by atoms with Crippen molar-refractivity contribution in [3.05, 3.63) is 0 Å². The Kier molecular flexibility index (Phi) is 5.21. The third-order valence-electron chi connectivity index (χ3n) is 0.490. The molecule has 0 aliphatic rings. The lowest BCUT2D eigenvalue weighted by Crippen LogP contribution is -2.10. The van der Waals surface area contributed by atoms with E-state index in [2.05, 4.69) is 17.5 Å². The minimum absolute atomic E-state index is 0.535. The highest BCUT2D eigenvalue weighted by atomic mass is 32.1. The fourth-order valence-corrected chi connectivity index (χ4v) is 0.319. The molecule has 0 aromatic heterocycles. The molecule has 0 fully saturated rings. The largest absolute Gasteiger partial charge is 0.382 e. The van der Waals surface area contributed by atoms with Crippen LogP contribution in [0, 0.1) is 0 Å². The van der Waals surface area contributed by atoms with Gasteiger partial charge in [-0.05, 0) is 0 Å².